The third-order valence-corrected chi connectivity index (χ3v) is 5.44. The van der Waals surface area contributed by atoms with Gasteiger partial charge < -0.3 is 5.32 Å². The van der Waals surface area contributed by atoms with Gasteiger partial charge >= 0.3 is 0 Å². The summed E-state index contributed by atoms with van der Waals surface area (Å²) in [5.41, 5.74) is 1.21. The average molecular weight is 282 g/mol. The fraction of sp³-hybridized carbons (Fsp3) is 0.643. The van der Waals surface area contributed by atoms with Crippen LogP contribution in [0.5, 0.6) is 0 Å². The van der Waals surface area contributed by atoms with Crippen molar-refractivity contribution in [2.75, 3.05) is 12.8 Å². The number of hydrogen-bond donors (Lipinski definition) is 1. The topological polar surface area (TPSA) is 59.1 Å². The van der Waals surface area contributed by atoms with E-state index in [0.29, 0.717) is 6.04 Å². The molecule has 5 heteroatoms. The second-order valence-corrected chi connectivity index (χ2v) is 7.71. The second kappa shape index (κ2) is 6.48. The van der Waals surface area contributed by atoms with Crippen molar-refractivity contribution in [3.8, 4) is 0 Å². The first kappa shape index (κ1) is 14.5. The Morgan fingerprint density at radius 1 is 1.42 bits per heavy atom. The highest BCUT2D eigenvalue weighted by Crippen LogP contribution is 2.23. The van der Waals surface area contributed by atoms with Gasteiger partial charge in [0.05, 0.1) is 5.25 Å². The highest BCUT2D eigenvalue weighted by atomic mass is 32.2. The molecule has 4 nitrogen and oxygen atoms in total. The summed E-state index contributed by atoms with van der Waals surface area (Å²) in [6.07, 6.45) is 9.60. The molecule has 2 unspecified atom stereocenters. The molecule has 1 saturated carbocycles. The van der Waals surface area contributed by atoms with Crippen LogP contribution in [0.2, 0.25) is 0 Å². The van der Waals surface area contributed by atoms with E-state index in [1.54, 1.807) is 6.20 Å². The zero-order valence-electron chi connectivity index (χ0n) is 11.4. The van der Waals surface area contributed by atoms with E-state index in [2.05, 4.69) is 16.4 Å². The Bertz CT molecular complexity index is 487. The molecular weight excluding hydrogens is 260 g/mol. The van der Waals surface area contributed by atoms with Gasteiger partial charge in [-0.3, -0.25) is 4.98 Å². The minimum atomic E-state index is -2.89. The van der Waals surface area contributed by atoms with Gasteiger partial charge in [-0.05, 0) is 43.9 Å². The monoisotopic (exact) mass is 282 g/mol. The summed E-state index contributed by atoms with van der Waals surface area (Å²) in [5.74, 6) is 0. The van der Waals surface area contributed by atoms with Crippen LogP contribution in [0.3, 0.4) is 0 Å². The fourth-order valence-electron chi connectivity index (χ4n) is 2.69. The Hall–Kier alpha value is -0.940. The predicted molar refractivity (Wildman–Crippen MR) is 76.8 cm³/mol. The van der Waals surface area contributed by atoms with Crippen LogP contribution in [-0.2, 0) is 16.3 Å². The number of nitrogens with one attached hydrogen (secondary N) is 1. The standard InChI is InChI=1S/C14H22N2O2S/c1-19(17,18)14-6-2-5-13(10-14)16-9-7-12-4-3-8-15-11-12/h3-4,8,11,13-14,16H,2,5-7,9-10H2,1H3. The quantitative estimate of drug-likeness (QED) is 0.890. The van der Waals surface area contributed by atoms with Crippen molar-refractivity contribution < 1.29 is 8.42 Å². The van der Waals surface area contributed by atoms with Crippen LogP contribution in [0.4, 0.5) is 0 Å². The predicted octanol–water partition coefficient (Wildman–Crippen LogP) is 1.57. The number of sulfone groups is 1. The molecule has 0 aliphatic heterocycles. The Morgan fingerprint density at radius 3 is 2.95 bits per heavy atom. The van der Waals surface area contributed by atoms with Crippen LogP contribution in [0.1, 0.15) is 31.2 Å². The largest absolute Gasteiger partial charge is 0.314 e. The number of pyridine rings is 1. The van der Waals surface area contributed by atoms with Crippen LogP contribution < -0.4 is 5.32 Å². The number of nitrogens with zero attached hydrogens (tertiary/aromatic N) is 1. The molecule has 2 rings (SSSR count). The fourth-order valence-corrected chi connectivity index (χ4v) is 3.86. The molecule has 1 aromatic heterocycles. The Kier molecular flexibility index (Phi) is 4.93. The lowest BCUT2D eigenvalue weighted by atomic mass is 9.95. The minimum Gasteiger partial charge on any atom is -0.314 e. The van der Waals surface area contributed by atoms with Crippen LogP contribution in [0, 0.1) is 0 Å². The van der Waals surface area contributed by atoms with Crippen molar-refractivity contribution in [1.29, 1.82) is 0 Å². The van der Waals surface area contributed by atoms with Crippen molar-refractivity contribution in [2.45, 2.75) is 43.4 Å². The first-order valence-electron chi connectivity index (χ1n) is 6.87. The molecular formula is C14H22N2O2S. The van der Waals surface area contributed by atoms with E-state index in [9.17, 15) is 8.42 Å². The van der Waals surface area contributed by atoms with Crippen LogP contribution in [0.25, 0.3) is 0 Å². The molecule has 0 radical (unpaired) electrons. The molecule has 1 aliphatic rings. The van der Waals surface area contributed by atoms with Crippen molar-refractivity contribution in [3.63, 3.8) is 0 Å². The maximum atomic E-state index is 11.6. The molecule has 1 aliphatic carbocycles. The zero-order valence-corrected chi connectivity index (χ0v) is 12.2. The van der Waals surface area contributed by atoms with Gasteiger partial charge in [0.1, 0.15) is 9.84 Å². The lowest BCUT2D eigenvalue weighted by Crippen LogP contribution is -2.39. The highest BCUT2D eigenvalue weighted by molar-refractivity contribution is 7.91. The van der Waals surface area contributed by atoms with Crippen molar-refractivity contribution >= 4 is 9.84 Å². The average Bonchev–Trinajstić information content (AvgIpc) is 2.39. The van der Waals surface area contributed by atoms with E-state index >= 15 is 0 Å². The molecule has 0 spiro atoms. The molecule has 2 atom stereocenters. The molecule has 106 valence electrons. The molecule has 1 fully saturated rings. The minimum absolute atomic E-state index is 0.155. The Morgan fingerprint density at radius 2 is 2.26 bits per heavy atom. The second-order valence-electron chi connectivity index (χ2n) is 5.38. The first-order chi connectivity index (χ1) is 9.05. The third kappa shape index (κ3) is 4.58. The molecule has 1 heterocycles. The maximum Gasteiger partial charge on any atom is 0.150 e. The number of hydrogen-bond acceptors (Lipinski definition) is 4. The zero-order chi connectivity index (χ0) is 13.7. The van der Waals surface area contributed by atoms with Gasteiger partial charge in [0.2, 0.25) is 0 Å². The smallest absolute Gasteiger partial charge is 0.150 e. The summed E-state index contributed by atoms with van der Waals surface area (Å²) in [7, 11) is -2.89. The highest BCUT2D eigenvalue weighted by Gasteiger charge is 2.28. The lowest BCUT2D eigenvalue weighted by Gasteiger charge is -2.28. The molecule has 0 aromatic carbocycles. The van der Waals surface area contributed by atoms with Gasteiger partial charge in [0.25, 0.3) is 0 Å². The maximum absolute atomic E-state index is 11.6. The summed E-state index contributed by atoms with van der Waals surface area (Å²) < 4.78 is 23.2. The number of aromatic nitrogens is 1. The first-order valence-corrected chi connectivity index (χ1v) is 8.82. The lowest BCUT2D eigenvalue weighted by molar-refractivity contribution is 0.374. The van der Waals surface area contributed by atoms with Crippen LogP contribution >= 0.6 is 0 Å². The molecule has 1 aromatic rings. The SMILES string of the molecule is CS(=O)(=O)C1CCCC(NCCc2cccnc2)C1. The summed E-state index contributed by atoms with van der Waals surface area (Å²) in [6.45, 7) is 0.882. The van der Waals surface area contributed by atoms with Gasteiger partial charge in [0.15, 0.2) is 0 Å². The summed E-state index contributed by atoms with van der Waals surface area (Å²) in [4.78, 5) is 4.09. The van der Waals surface area contributed by atoms with E-state index < -0.39 is 9.84 Å². The van der Waals surface area contributed by atoms with Gasteiger partial charge in [-0.2, -0.15) is 0 Å². The van der Waals surface area contributed by atoms with E-state index in [1.807, 2.05) is 12.3 Å². The van der Waals surface area contributed by atoms with Crippen LogP contribution in [-0.4, -0.2) is 37.5 Å². The Labute approximate surface area is 115 Å². The van der Waals surface area contributed by atoms with Gasteiger partial charge in [-0.15, -0.1) is 0 Å². The van der Waals surface area contributed by atoms with Gasteiger partial charge in [-0.25, -0.2) is 8.42 Å². The third-order valence-electron chi connectivity index (χ3n) is 3.80. The molecule has 0 amide bonds. The van der Waals surface area contributed by atoms with Gasteiger partial charge in [-0.1, -0.05) is 12.5 Å². The Balaban J connectivity index is 1.77. The van der Waals surface area contributed by atoms with E-state index in [-0.39, 0.29) is 5.25 Å². The summed E-state index contributed by atoms with van der Waals surface area (Å²) >= 11 is 0. The molecule has 19 heavy (non-hydrogen) atoms. The molecule has 0 bridgehead atoms. The van der Waals surface area contributed by atoms with E-state index in [4.69, 9.17) is 0 Å². The van der Waals surface area contributed by atoms with Gasteiger partial charge in [0, 0.05) is 24.7 Å². The van der Waals surface area contributed by atoms with Crippen molar-refractivity contribution in [1.82, 2.24) is 10.3 Å². The van der Waals surface area contributed by atoms with E-state index in [0.717, 1.165) is 38.6 Å². The normalized spacial score (nSPS) is 24.3. The number of rotatable bonds is 5. The van der Waals surface area contributed by atoms with Crippen LogP contribution in [0.15, 0.2) is 24.5 Å². The molecule has 1 N–H and O–H groups in total. The van der Waals surface area contributed by atoms with Crippen molar-refractivity contribution in [2.24, 2.45) is 0 Å². The summed E-state index contributed by atoms with van der Waals surface area (Å²) in [5, 5.41) is 3.32. The molecule has 0 saturated heterocycles. The summed E-state index contributed by atoms with van der Waals surface area (Å²) in [6, 6.07) is 4.34. The van der Waals surface area contributed by atoms with Crippen molar-refractivity contribution in [3.05, 3.63) is 30.1 Å². The van der Waals surface area contributed by atoms with E-state index in [1.165, 1.54) is 11.8 Å².